The third kappa shape index (κ3) is 2.10. The van der Waals surface area contributed by atoms with Crippen molar-refractivity contribution in [2.75, 3.05) is 29.6 Å². The lowest BCUT2D eigenvalue weighted by molar-refractivity contribution is 1.50. The summed E-state index contributed by atoms with van der Waals surface area (Å²) in [4.78, 5) is 0. The Morgan fingerprint density at radius 1 is 0.824 bits per heavy atom. The van der Waals surface area contributed by atoms with Gasteiger partial charge in [-0.2, -0.15) is 0 Å². The van der Waals surface area contributed by atoms with Gasteiger partial charge >= 0.3 is 0 Å². The Bertz CT molecular complexity index is 549. The van der Waals surface area contributed by atoms with E-state index in [1.54, 1.807) is 12.1 Å². The van der Waals surface area contributed by atoms with Crippen LogP contribution in [0.15, 0.2) is 36.4 Å². The Hall–Kier alpha value is -2.36. The molecule has 4 heteroatoms. The first-order chi connectivity index (χ1) is 8.11. The van der Waals surface area contributed by atoms with E-state index in [0.717, 1.165) is 16.8 Å². The van der Waals surface area contributed by atoms with Gasteiger partial charge in [-0.1, -0.05) is 0 Å². The quantitative estimate of drug-likeness (QED) is 0.593. The maximum Gasteiger partial charge on any atom is 0.0396 e. The number of hydrogen-bond donors (Lipinski definition) is 4. The maximum absolute atomic E-state index is 5.97. The molecule has 0 radical (unpaired) electrons. The number of anilines is 4. The zero-order valence-electron chi connectivity index (χ0n) is 9.70. The third-order valence-electron chi connectivity index (χ3n) is 2.71. The topological polar surface area (TPSA) is 90.1 Å². The molecule has 7 N–H and O–H groups in total. The highest BCUT2D eigenvalue weighted by Crippen LogP contribution is 2.33. The molecule has 0 atom stereocenters. The molecule has 0 amide bonds. The molecule has 0 spiro atoms. The molecule has 0 saturated heterocycles. The van der Waals surface area contributed by atoms with Crippen molar-refractivity contribution in [2.45, 2.75) is 0 Å². The molecule has 0 heterocycles. The highest BCUT2D eigenvalue weighted by Gasteiger charge is 2.07. The Morgan fingerprint density at radius 2 is 1.41 bits per heavy atom. The standard InChI is InChI=1S/C13H16N4/c1-17-9-3-5-13(16)11(7-9)10-6-8(14)2-4-12(10)15/h2-7,17H,14-16H2,1H3. The molecular formula is C13H16N4. The van der Waals surface area contributed by atoms with Crippen molar-refractivity contribution in [2.24, 2.45) is 0 Å². The lowest BCUT2D eigenvalue weighted by Gasteiger charge is -2.11. The lowest BCUT2D eigenvalue weighted by atomic mass is 10.0. The van der Waals surface area contributed by atoms with Crippen molar-refractivity contribution in [1.82, 2.24) is 0 Å². The fraction of sp³-hybridized carbons (Fsp3) is 0.0769. The normalized spacial score (nSPS) is 10.2. The first-order valence-corrected chi connectivity index (χ1v) is 5.34. The first-order valence-electron chi connectivity index (χ1n) is 5.34. The molecule has 2 aromatic rings. The van der Waals surface area contributed by atoms with E-state index in [-0.39, 0.29) is 0 Å². The number of nitrogen functional groups attached to an aromatic ring is 3. The summed E-state index contributed by atoms with van der Waals surface area (Å²) in [5.74, 6) is 0. The molecule has 17 heavy (non-hydrogen) atoms. The zero-order chi connectivity index (χ0) is 12.4. The molecule has 0 bridgehead atoms. The van der Waals surface area contributed by atoms with Crippen molar-refractivity contribution in [3.05, 3.63) is 36.4 Å². The molecule has 0 unspecified atom stereocenters. The number of nitrogens with two attached hydrogens (primary N) is 3. The summed E-state index contributed by atoms with van der Waals surface area (Å²) in [5.41, 5.74) is 22.4. The fourth-order valence-electron chi connectivity index (χ4n) is 1.75. The van der Waals surface area contributed by atoms with Crippen LogP contribution in [0.3, 0.4) is 0 Å². The van der Waals surface area contributed by atoms with Gasteiger partial charge in [-0.3, -0.25) is 0 Å². The zero-order valence-corrected chi connectivity index (χ0v) is 9.70. The highest BCUT2D eigenvalue weighted by molar-refractivity contribution is 5.87. The van der Waals surface area contributed by atoms with Crippen molar-refractivity contribution in [3.63, 3.8) is 0 Å². The summed E-state index contributed by atoms with van der Waals surface area (Å²) in [6.07, 6.45) is 0. The molecule has 0 fully saturated rings. The minimum absolute atomic E-state index is 0.666. The van der Waals surface area contributed by atoms with Crippen molar-refractivity contribution in [1.29, 1.82) is 0 Å². The van der Waals surface area contributed by atoms with Gasteiger partial charge in [-0.05, 0) is 36.4 Å². The first kappa shape index (κ1) is 11.1. The molecule has 0 aliphatic carbocycles. The van der Waals surface area contributed by atoms with Gasteiger partial charge in [0.05, 0.1) is 0 Å². The number of rotatable bonds is 2. The minimum Gasteiger partial charge on any atom is -0.399 e. The van der Waals surface area contributed by atoms with E-state index >= 15 is 0 Å². The van der Waals surface area contributed by atoms with Crippen LogP contribution in [0, 0.1) is 0 Å². The predicted octanol–water partition coefficient (Wildman–Crippen LogP) is 2.14. The molecule has 88 valence electrons. The monoisotopic (exact) mass is 228 g/mol. The SMILES string of the molecule is CNc1ccc(N)c(-c2cc(N)ccc2N)c1. The van der Waals surface area contributed by atoms with Gasteiger partial charge in [0.15, 0.2) is 0 Å². The maximum atomic E-state index is 5.97. The fourth-order valence-corrected chi connectivity index (χ4v) is 1.75. The van der Waals surface area contributed by atoms with Crippen LogP contribution < -0.4 is 22.5 Å². The summed E-state index contributed by atoms with van der Waals surface area (Å²) in [6, 6.07) is 11.1. The average molecular weight is 228 g/mol. The van der Waals surface area contributed by atoms with E-state index < -0.39 is 0 Å². The molecule has 0 saturated carbocycles. The molecule has 2 aromatic carbocycles. The minimum atomic E-state index is 0.666. The van der Waals surface area contributed by atoms with E-state index in [1.165, 1.54) is 0 Å². The van der Waals surface area contributed by atoms with Gasteiger partial charge in [0.1, 0.15) is 0 Å². The van der Waals surface area contributed by atoms with Crippen LogP contribution in [0.4, 0.5) is 22.7 Å². The predicted molar refractivity (Wildman–Crippen MR) is 74.7 cm³/mol. The average Bonchev–Trinajstić information content (AvgIpc) is 2.33. The summed E-state index contributed by atoms with van der Waals surface area (Å²) in [5, 5.41) is 3.07. The number of benzene rings is 2. The van der Waals surface area contributed by atoms with Crippen molar-refractivity contribution >= 4 is 22.7 Å². The third-order valence-corrected chi connectivity index (χ3v) is 2.71. The number of hydrogen-bond acceptors (Lipinski definition) is 4. The van der Waals surface area contributed by atoms with Crippen LogP contribution in [0.25, 0.3) is 11.1 Å². The molecule has 0 aromatic heterocycles. The van der Waals surface area contributed by atoms with Crippen LogP contribution in [-0.4, -0.2) is 7.05 Å². The second-order valence-corrected chi connectivity index (χ2v) is 3.90. The second kappa shape index (κ2) is 4.25. The molecule has 2 rings (SSSR count). The Kier molecular flexibility index (Phi) is 2.78. The lowest BCUT2D eigenvalue weighted by Crippen LogP contribution is -1.97. The summed E-state index contributed by atoms with van der Waals surface area (Å²) < 4.78 is 0. The van der Waals surface area contributed by atoms with E-state index in [1.807, 2.05) is 31.3 Å². The van der Waals surface area contributed by atoms with E-state index in [2.05, 4.69) is 5.32 Å². The summed E-state index contributed by atoms with van der Waals surface area (Å²) in [7, 11) is 1.86. The Morgan fingerprint density at radius 3 is 2.06 bits per heavy atom. The molecular weight excluding hydrogens is 212 g/mol. The molecule has 4 nitrogen and oxygen atoms in total. The van der Waals surface area contributed by atoms with Crippen LogP contribution >= 0.6 is 0 Å². The molecule has 0 aliphatic heterocycles. The Labute approximate surface area is 100 Å². The van der Waals surface area contributed by atoms with Crippen LogP contribution in [0.2, 0.25) is 0 Å². The van der Waals surface area contributed by atoms with E-state index in [9.17, 15) is 0 Å². The van der Waals surface area contributed by atoms with Crippen LogP contribution in [0.5, 0.6) is 0 Å². The van der Waals surface area contributed by atoms with Crippen LogP contribution in [-0.2, 0) is 0 Å². The van der Waals surface area contributed by atoms with E-state index in [0.29, 0.717) is 17.1 Å². The van der Waals surface area contributed by atoms with Crippen molar-refractivity contribution in [3.8, 4) is 11.1 Å². The van der Waals surface area contributed by atoms with Gasteiger partial charge in [-0.25, -0.2) is 0 Å². The van der Waals surface area contributed by atoms with Gasteiger partial charge < -0.3 is 22.5 Å². The highest BCUT2D eigenvalue weighted by atomic mass is 14.8. The van der Waals surface area contributed by atoms with Crippen molar-refractivity contribution < 1.29 is 0 Å². The molecule has 0 aliphatic rings. The smallest absolute Gasteiger partial charge is 0.0396 e. The summed E-state index contributed by atoms with van der Waals surface area (Å²) >= 11 is 0. The van der Waals surface area contributed by atoms with Crippen LogP contribution in [0.1, 0.15) is 0 Å². The van der Waals surface area contributed by atoms with E-state index in [4.69, 9.17) is 17.2 Å². The Balaban J connectivity index is 2.62. The second-order valence-electron chi connectivity index (χ2n) is 3.90. The van der Waals surface area contributed by atoms with Gasteiger partial charge in [-0.15, -0.1) is 0 Å². The largest absolute Gasteiger partial charge is 0.399 e. The van der Waals surface area contributed by atoms with Gasteiger partial charge in [0.2, 0.25) is 0 Å². The number of nitrogens with one attached hydrogen (secondary N) is 1. The van der Waals surface area contributed by atoms with Gasteiger partial charge in [0, 0.05) is 40.9 Å². The van der Waals surface area contributed by atoms with Gasteiger partial charge in [0.25, 0.3) is 0 Å². The summed E-state index contributed by atoms with van der Waals surface area (Å²) in [6.45, 7) is 0.